The van der Waals surface area contributed by atoms with Gasteiger partial charge in [-0.3, -0.25) is 0 Å². The molecule has 1 saturated carbocycles. The molecule has 0 bridgehead atoms. The SMILES string of the molecule is CCOC(=O)C1=CC=C2C(NCCc3c[nH]c4ccccc34)CCC2(C)C1. The van der Waals surface area contributed by atoms with Crippen LogP contribution < -0.4 is 5.32 Å². The molecule has 2 atom stereocenters. The van der Waals surface area contributed by atoms with Gasteiger partial charge in [-0.05, 0) is 61.8 Å². The molecule has 27 heavy (non-hydrogen) atoms. The highest BCUT2D eigenvalue weighted by molar-refractivity contribution is 5.89. The maximum Gasteiger partial charge on any atom is 0.334 e. The van der Waals surface area contributed by atoms with E-state index in [1.165, 1.54) is 22.0 Å². The number of hydrogen-bond acceptors (Lipinski definition) is 3. The van der Waals surface area contributed by atoms with E-state index in [0.717, 1.165) is 37.8 Å². The number of carbonyl (C=O) groups is 1. The molecule has 4 nitrogen and oxygen atoms in total. The van der Waals surface area contributed by atoms with Crippen molar-refractivity contribution < 1.29 is 9.53 Å². The Morgan fingerprint density at radius 1 is 1.33 bits per heavy atom. The molecule has 4 heteroatoms. The molecule has 0 saturated heterocycles. The first-order valence-electron chi connectivity index (χ1n) is 9.97. The van der Waals surface area contributed by atoms with Crippen molar-refractivity contribution in [3.63, 3.8) is 0 Å². The van der Waals surface area contributed by atoms with Gasteiger partial charge >= 0.3 is 5.97 Å². The van der Waals surface area contributed by atoms with E-state index in [1.54, 1.807) is 0 Å². The minimum absolute atomic E-state index is 0.0787. The fourth-order valence-corrected chi connectivity index (χ4v) is 4.66. The summed E-state index contributed by atoms with van der Waals surface area (Å²) in [5, 5.41) is 5.06. The van der Waals surface area contributed by atoms with Gasteiger partial charge in [-0.2, -0.15) is 0 Å². The van der Waals surface area contributed by atoms with Crippen molar-refractivity contribution in [3.8, 4) is 0 Å². The highest BCUT2D eigenvalue weighted by Gasteiger charge is 2.42. The van der Waals surface area contributed by atoms with Crippen LogP contribution in [0, 0.1) is 5.41 Å². The van der Waals surface area contributed by atoms with Crippen LogP contribution in [0.5, 0.6) is 0 Å². The fourth-order valence-electron chi connectivity index (χ4n) is 4.66. The third-order valence-electron chi connectivity index (χ3n) is 6.10. The summed E-state index contributed by atoms with van der Waals surface area (Å²) in [6.07, 6.45) is 10.3. The molecule has 1 heterocycles. The first-order valence-corrected chi connectivity index (χ1v) is 9.97. The number of H-pyrrole nitrogens is 1. The Morgan fingerprint density at radius 3 is 3.04 bits per heavy atom. The second-order valence-electron chi connectivity index (χ2n) is 7.93. The largest absolute Gasteiger partial charge is 0.463 e. The summed E-state index contributed by atoms with van der Waals surface area (Å²) in [7, 11) is 0. The number of para-hydroxylation sites is 1. The number of aromatic amines is 1. The van der Waals surface area contributed by atoms with Gasteiger partial charge in [0.15, 0.2) is 0 Å². The zero-order chi connectivity index (χ0) is 18.9. The Hall–Kier alpha value is -2.33. The molecule has 2 aromatic rings. The van der Waals surface area contributed by atoms with Crippen LogP contribution in [0.15, 0.2) is 53.8 Å². The van der Waals surface area contributed by atoms with Gasteiger partial charge in [0.25, 0.3) is 0 Å². The quantitative estimate of drug-likeness (QED) is 0.752. The molecule has 2 unspecified atom stereocenters. The summed E-state index contributed by atoms with van der Waals surface area (Å²) < 4.78 is 5.19. The average molecular weight is 364 g/mol. The predicted octanol–water partition coefficient (Wildman–Crippen LogP) is 4.29. The molecule has 142 valence electrons. The van der Waals surface area contributed by atoms with Crippen LogP contribution >= 0.6 is 0 Å². The molecule has 0 amide bonds. The zero-order valence-electron chi connectivity index (χ0n) is 16.2. The Labute approximate surface area is 160 Å². The molecule has 0 aliphatic heterocycles. The number of carbonyl (C=O) groups excluding carboxylic acids is 1. The van der Waals surface area contributed by atoms with Gasteiger partial charge in [0.2, 0.25) is 0 Å². The first-order chi connectivity index (χ1) is 13.1. The number of aromatic nitrogens is 1. The lowest BCUT2D eigenvalue weighted by atomic mass is 9.75. The van der Waals surface area contributed by atoms with E-state index < -0.39 is 0 Å². The molecule has 2 N–H and O–H groups in total. The number of fused-ring (bicyclic) bond motifs is 2. The number of allylic oxidation sites excluding steroid dienone is 2. The van der Waals surface area contributed by atoms with Gasteiger partial charge in [-0.15, -0.1) is 0 Å². The lowest BCUT2D eigenvalue weighted by molar-refractivity contribution is -0.138. The minimum Gasteiger partial charge on any atom is -0.463 e. The number of benzene rings is 1. The molecule has 1 aromatic heterocycles. The third kappa shape index (κ3) is 3.46. The van der Waals surface area contributed by atoms with E-state index in [2.05, 4.69) is 53.8 Å². The summed E-state index contributed by atoms with van der Waals surface area (Å²) in [5.74, 6) is -0.162. The monoisotopic (exact) mass is 364 g/mol. The van der Waals surface area contributed by atoms with E-state index in [1.807, 2.05) is 13.0 Å². The van der Waals surface area contributed by atoms with Crippen LogP contribution in [0.1, 0.15) is 38.7 Å². The van der Waals surface area contributed by atoms with E-state index in [4.69, 9.17) is 4.74 Å². The molecule has 4 rings (SSSR count). The van der Waals surface area contributed by atoms with Crippen LogP contribution in [0.4, 0.5) is 0 Å². The normalized spacial score (nSPS) is 24.4. The summed E-state index contributed by atoms with van der Waals surface area (Å²) in [4.78, 5) is 15.4. The van der Waals surface area contributed by atoms with E-state index in [0.29, 0.717) is 12.6 Å². The second-order valence-corrected chi connectivity index (χ2v) is 7.93. The van der Waals surface area contributed by atoms with Gasteiger partial charge in [0.1, 0.15) is 0 Å². The van der Waals surface area contributed by atoms with Crippen molar-refractivity contribution in [2.75, 3.05) is 13.2 Å². The number of ether oxygens (including phenoxy) is 1. The summed E-state index contributed by atoms with van der Waals surface area (Å²) >= 11 is 0. The van der Waals surface area contributed by atoms with Crippen molar-refractivity contribution in [3.05, 3.63) is 59.3 Å². The van der Waals surface area contributed by atoms with Crippen molar-refractivity contribution in [2.45, 2.75) is 45.6 Å². The van der Waals surface area contributed by atoms with E-state index in [9.17, 15) is 4.79 Å². The minimum atomic E-state index is -0.162. The van der Waals surface area contributed by atoms with Gasteiger partial charge < -0.3 is 15.0 Å². The summed E-state index contributed by atoms with van der Waals surface area (Å²) in [5.41, 5.74) is 4.89. The average Bonchev–Trinajstić information content (AvgIpc) is 3.23. The maximum absolute atomic E-state index is 12.1. The molecule has 0 radical (unpaired) electrons. The zero-order valence-corrected chi connectivity index (χ0v) is 16.2. The predicted molar refractivity (Wildman–Crippen MR) is 109 cm³/mol. The second kappa shape index (κ2) is 7.35. The van der Waals surface area contributed by atoms with Crippen LogP contribution in [0.3, 0.4) is 0 Å². The number of hydrogen-bond donors (Lipinski definition) is 2. The highest BCUT2D eigenvalue weighted by atomic mass is 16.5. The molecule has 2 aliphatic carbocycles. The molecule has 2 aliphatic rings. The smallest absolute Gasteiger partial charge is 0.334 e. The Kier molecular flexibility index (Phi) is 4.92. The molecule has 1 aromatic carbocycles. The van der Waals surface area contributed by atoms with Crippen molar-refractivity contribution in [2.24, 2.45) is 5.41 Å². The third-order valence-corrected chi connectivity index (χ3v) is 6.10. The van der Waals surface area contributed by atoms with Crippen LogP contribution in [0.2, 0.25) is 0 Å². The number of nitrogens with one attached hydrogen (secondary N) is 2. The van der Waals surface area contributed by atoms with Gasteiger partial charge in [-0.1, -0.05) is 37.3 Å². The van der Waals surface area contributed by atoms with Crippen molar-refractivity contribution in [1.29, 1.82) is 0 Å². The lowest BCUT2D eigenvalue weighted by Crippen LogP contribution is -2.33. The summed E-state index contributed by atoms with van der Waals surface area (Å²) in [6, 6.07) is 8.86. The highest BCUT2D eigenvalue weighted by Crippen LogP contribution is 2.49. The Bertz CT molecular complexity index is 908. The fraction of sp³-hybridized carbons (Fsp3) is 0.435. The molecular weight excluding hydrogens is 336 g/mol. The van der Waals surface area contributed by atoms with Crippen molar-refractivity contribution in [1.82, 2.24) is 10.3 Å². The Balaban J connectivity index is 1.41. The number of esters is 1. The van der Waals surface area contributed by atoms with Crippen LogP contribution in [-0.2, 0) is 16.0 Å². The molecule has 1 fully saturated rings. The van der Waals surface area contributed by atoms with Crippen LogP contribution in [-0.4, -0.2) is 30.1 Å². The van der Waals surface area contributed by atoms with E-state index >= 15 is 0 Å². The topological polar surface area (TPSA) is 54.1 Å². The van der Waals surface area contributed by atoms with Gasteiger partial charge in [0, 0.05) is 28.7 Å². The van der Waals surface area contributed by atoms with E-state index in [-0.39, 0.29) is 11.4 Å². The summed E-state index contributed by atoms with van der Waals surface area (Å²) in [6.45, 7) is 5.52. The lowest BCUT2D eigenvalue weighted by Gasteiger charge is -2.31. The first kappa shape index (κ1) is 18.1. The standard InChI is InChI=1S/C23H28N2O2/c1-3-27-22(26)16-8-9-19-21(10-12-23(19,2)14-16)24-13-11-17-15-25-20-7-5-4-6-18(17)20/h4-9,15,21,24-25H,3,10-14H2,1-2H3. The molecular formula is C23H28N2O2. The Morgan fingerprint density at radius 2 is 2.19 bits per heavy atom. The number of rotatable bonds is 6. The maximum atomic E-state index is 12.1. The molecule has 0 spiro atoms. The van der Waals surface area contributed by atoms with Gasteiger partial charge in [0.05, 0.1) is 6.61 Å². The van der Waals surface area contributed by atoms with Crippen LogP contribution in [0.25, 0.3) is 10.9 Å². The van der Waals surface area contributed by atoms with Crippen molar-refractivity contribution >= 4 is 16.9 Å². The van der Waals surface area contributed by atoms with Gasteiger partial charge in [-0.25, -0.2) is 4.79 Å².